The number of ether oxygens (including phenoxy) is 1. The Bertz CT molecular complexity index is 1030. The molecular weight excluding hydrogens is 488 g/mol. The van der Waals surface area contributed by atoms with Crippen molar-refractivity contribution < 1.29 is 19.1 Å². The molecule has 1 N–H and O–H groups in total. The van der Waals surface area contributed by atoms with E-state index in [0.29, 0.717) is 24.6 Å². The van der Waals surface area contributed by atoms with Crippen LogP contribution in [0.4, 0.5) is 5.69 Å². The number of rotatable bonds is 6. The first-order valence-electron chi connectivity index (χ1n) is 13.7. The maximum atomic E-state index is 14.0. The second-order valence-corrected chi connectivity index (χ2v) is 12.4. The molecule has 5 rings (SSSR count). The fraction of sp³-hybridized carbons (Fsp3) is 0.679. The number of amides is 2. The number of nitrogens with zero attached hydrogens (tertiary/aromatic N) is 3. The monoisotopic (exact) mass is 528 g/mol. The molecule has 4 aliphatic rings. The molecule has 0 spiro atoms. The van der Waals surface area contributed by atoms with Gasteiger partial charge in [-0.25, -0.2) is 0 Å². The van der Waals surface area contributed by atoms with Crippen LogP contribution in [0.3, 0.4) is 0 Å². The molecule has 1 aromatic rings. The van der Waals surface area contributed by atoms with E-state index in [0.717, 1.165) is 57.5 Å². The van der Waals surface area contributed by atoms with Gasteiger partial charge in [0.05, 0.1) is 6.10 Å². The van der Waals surface area contributed by atoms with E-state index in [9.17, 15) is 14.4 Å². The summed E-state index contributed by atoms with van der Waals surface area (Å²) in [5.41, 5.74) is 0.650. The van der Waals surface area contributed by atoms with Crippen LogP contribution in [0.2, 0.25) is 0 Å². The van der Waals surface area contributed by atoms with Crippen LogP contribution >= 0.6 is 12.6 Å². The Morgan fingerprint density at radius 1 is 1.05 bits per heavy atom. The van der Waals surface area contributed by atoms with Crippen molar-refractivity contribution in [1.82, 2.24) is 15.1 Å². The maximum Gasteiger partial charge on any atom is 0.251 e. The van der Waals surface area contributed by atoms with Crippen LogP contribution in [0.5, 0.6) is 0 Å². The van der Waals surface area contributed by atoms with Crippen molar-refractivity contribution in [2.24, 2.45) is 0 Å². The van der Waals surface area contributed by atoms with Crippen molar-refractivity contribution in [2.45, 2.75) is 81.3 Å². The van der Waals surface area contributed by atoms with E-state index in [1.165, 1.54) is 0 Å². The summed E-state index contributed by atoms with van der Waals surface area (Å²) >= 11 is 4.96. The Morgan fingerprint density at radius 2 is 1.70 bits per heavy atom. The van der Waals surface area contributed by atoms with Crippen LogP contribution in [0.25, 0.3) is 0 Å². The summed E-state index contributed by atoms with van der Waals surface area (Å²) in [5.74, 6) is -0.587. The van der Waals surface area contributed by atoms with E-state index in [1.54, 1.807) is 11.8 Å². The Hall–Kier alpha value is -2.10. The van der Waals surface area contributed by atoms with E-state index >= 15 is 0 Å². The molecule has 0 radical (unpaired) electrons. The summed E-state index contributed by atoms with van der Waals surface area (Å²) in [4.78, 5) is 46.6. The van der Waals surface area contributed by atoms with Gasteiger partial charge in [-0.05, 0) is 64.3 Å². The third-order valence-electron chi connectivity index (χ3n) is 9.12. The summed E-state index contributed by atoms with van der Waals surface area (Å²) in [5, 5.41) is 3.04. The summed E-state index contributed by atoms with van der Waals surface area (Å²) in [7, 11) is 0. The second kappa shape index (κ2) is 10.2. The molecule has 2 amide bonds. The van der Waals surface area contributed by atoms with Gasteiger partial charge in [0.25, 0.3) is 5.91 Å². The normalized spacial score (nSPS) is 28.6. The number of fused-ring (bicyclic) bond motifs is 1. The number of benzene rings is 1. The first kappa shape index (κ1) is 26.5. The lowest BCUT2D eigenvalue weighted by molar-refractivity contribution is -0.143. The third kappa shape index (κ3) is 4.79. The van der Waals surface area contributed by atoms with Gasteiger partial charge in [-0.3, -0.25) is 19.3 Å². The smallest absolute Gasteiger partial charge is 0.251 e. The van der Waals surface area contributed by atoms with Gasteiger partial charge in [-0.15, -0.1) is 0 Å². The number of anilines is 1. The van der Waals surface area contributed by atoms with Crippen LogP contribution < -0.4 is 10.2 Å². The molecule has 8 nitrogen and oxygen atoms in total. The van der Waals surface area contributed by atoms with E-state index in [4.69, 9.17) is 17.4 Å². The van der Waals surface area contributed by atoms with Gasteiger partial charge in [0.2, 0.25) is 5.91 Å². The number of piperazine rings is 1. The van der Waals surface area contributed by atoms with Gasteiger partial charge < -0.3 is 19.9 Å². The third-order valence-corrected chi connectivity index (χ3v) is 9.82. The van der Waals surface area contributed by atoms with Crippen molar-refractivity contribution in [3.63, 3.8) is 0 Å². The van der Waals surface area contributed by atoms with Gasteiger partial charge in [-0.1, -0.05) is 12.8 Å². The molecule has 37 heavy (non-hydrogen) atoms. The van der Waals surface area contributed by atoms with Gasteiger partial charge in [0, 0.05) is 54.8 Å². The Kier molecular flexibility index (Phi) is 7.33. The zero-order valence-corrected chi connectivity index (χ0v) is 23.1. The number of carbonyl (C=O) groups is 3. The highest BCUT2D eigenvalue weighted by Gasteiger charge is 2.59. The average Bonchev–Trinajstić information content (AvgIpc) is 3.57. The van der Waals surface area contributed by atoms with Crippen LogP contribution in [0.15, 0.2) is 24.3 Å². The minimum absolute atomic E-state index is 0.0346. The van der Waals surface area contributed by atoms with Crippen molar-refractivity contribution in [3.05, 3.63) is 29.8 Å². The molecule has 202 valence electrons. The second-order valence-electron chi connectivity index (χ2n) is 11.5. The number of thiol groups is 1. The largest absolute Gasteiger partial charge is 0.369 e. The molecule has 3 atom stereocenters. The number of hydrogen-bond acceptors (Lipinski definition) is 7. The maximum absolute atomic E-state index is 14.0. The number of likely N-dealkylation sites (tertiary alicyclic amines) is 1. The van der Waals surface area contributed by atoms with Crippen molar-refractivity contribution in [3.8, 4) is 0 Å². The lowest BCUT2D eigenvalue weighted by Gasteiger charge is -2.40. The minimum atomic E-state index is -0.968. The van der Waals surface area contributed by atoms with Crippen molar-refractivity contribution in [2.75, 3.05) is 44.2 Å². The van der Waals surface area contributed by atoms with Crippen LogP contribution in [0.1, 0.15) is 63.2 Å². The zero-order valence-electron chi connectivity index (χ0n) is 22.2. The molecule has 3 heterocycles. The molecule has 1 aliphatic carbocycles. The zero-order chi connectivity index (χ0) is 26.4. The predicted molar refractivity (Wildman–Crippen MR) is 146 cm³/mol. The van der Waals surface area contributed by atoms with E-state index < -0.39 is 16.3 Å². The molecule has 0 aromatic heterocycles. The van der Waals surface area contributed by atoms with Gasteiger partial charge in [0.15, 0.2) is 5.78 Å². The molecule has 3 saturated heterocycles. The number of carbonyl (C=O) groups excluding carboxylic acids is 3. The Morgan fingerprint density at radius 3 is 2.32 bits per heavy atom. The summed E-state index contributed by atoms with van der Waals surface area (Å²) in [6.45, 7) is 10.7. The molecule has 4 fully saturated rings. The number of hydrogen-bond donors (Lipinski definition) is 2. The highest BCUT2D eigenvalue weighted by molar-refractivity contribution is 7.82. The molecule has 1 aromatic carbocycles. The lowest BCUT2D eigenvalue weighted by Crippen LogP contribution is -2.63. The Balaban J connectivity index is 1.31. The fourth-order valence-corrected chi connectivity index (χ4v) is 7.05. The van der Waals surface area contributed by atoms with Crippen LogP contribution in [-0.4, -0.2) is 95.2 Å². The highest BCUT2D eigenvalue weighted by Crippen LogP contribution is 2.42. The quantitative estimate of drug-likeness (QED) is 0.553. The average molecular weight is 529 g/mol. The summed E-state index contributed by atoms with van der Waals surface area (Å²) < 4.78 is 5.04. The van der Waals surface area contributed by atoms with E-state index in [1.807, 2.05) is 24.3 Å². The molecule has 1 saturated carbocycles. The molecule has 1 unspecified atom stereocenters. The number of ketones is 1. The molecule has 3 aliphatic heterocycles. The SMILES string of the molecule is CC(C)N1CCN(c2ccc(C(=O)N[C@H](C(=O)N3CC[C@H]4OCC(=O)C43C)C3(S)CCCC3)cc2)CC1. The van der Waals surface area contributed by atoms with E-state index in [2.05, 4.69) is 29.0 Å². The topological polar surface area (TPSA) is 82.2 Å². The molecule has 9 heteroatoms. The Labute approximate surface area is 225 Å². The lowest BCUT2D eigenvalue weighted by atomic mass is 9.90. The molecular formula is C28H40N4O4S. The van der Waals surface area contributed by atoms with Gasteiger partial charge in [-0.2, -0.15) is 12.6 Å². The number of nitrogens with one attached hydrogen (secondary N) is 1. The van der Waals surface area contributed by atoms with Crippen molar-refractivity contribution >= 4 is 35.9 Å². The summed E-state index contributed by atoms with van der Waals surface area (Å²) in [6.07, 6.45) is 3.75. The van der Waals surface area contributed by atoms with Gasteiger partial charge in [0.1, 0.15) is 18.2 Å². The minimum Gasteiger partial charge on any atom is -0.369 e. The molecule has 0 bridgehead atoms. The van der Waals surface area contributed by atoms with Crippen molar-refractivity contribution in [1.29, 1.82) is 0 Å². The van der Waals surface area contributed by atoms with E-state index in [-0.39, 0.29) is 30.3 Å². The fourth-order valence-electron chi connectivity index (χ4n) is 6.56. The highest BCUT2D eigenvalue weighted by atomic mass is 32.1. The van der Waals surface area contributed by atoms with Gasteiger partial charge >= 0.3 is 0 Å². The first-order chi connectivity index (χ1) is 17.6. The predicted octanol–water partition coefficient (Wildman–Crippen LogP) is 2.52. The first-order valence-corrected chi connectivity index (χ1v) is 14.2. The summed E-state index contributed by atoms with van der Waals surface area (Å²) in [6, 6.07) is 7.39. The number of Topliss-reactive ketones (excluding diaryl/α,β-unsaturated/α-hetero) is 1. The standard InChI is InChI=1S/C28H40N4O4S/c1-19(2)30-14-16-31(17-15-30)21-8-6-20(7-9-21)25(34)29-24(28(37)11-4-5-12-28)26(35)32-13-10-23-27(32,3)22(33)18-36-23/h6-9,19,23-24,37H,4-5,10-18H2,1-3H3,(H,29,34)/t23-,24-,27?/m1/s1. The van der Waals surface area contributed by atoms with Crippen LogP contribution in [-0.2, 0) is 14.3 Å². The van der Waals surface area contributed by atoms with Crippen LogP contribution in [0, 0.1) is 0 Å².